The topological polar surface area (TPSA) is 34.1 Å². The lowest BCUT2D eigenvalue weighted by Crippen LogP contribution is -2.29. The number of hydrogen-bond donors (Lipinski definition) is 1. The van der Waals surface area contributed by atoms with Crippen LogP contribution in [0.25, 0.3) is 0 Å². The molecular formula is C16H17FN2O. The highest BCUT2D eigenvalue weighted by Crippen LogP contribution is 2.33. The maximum atomic E-state index is 13.2. The molecule has 1 aromatic carbocycles. The average molecular weight is 272 g/mol. The molecule has 0 fully saturated rings. The fourth-order valence-electron chi connectivity index (χ4n) is 2.58. The summed E-state index contributed by atoms with van der Waals surface area (Å²) < 4.78 is 18.9. The molecule has 104 valence electrons. The molecule has 0 saturated heterocycles. The van der Waals surface area contributed by atoms with Gasteiger partial charge in [0.1, 0.15) is 11.6 Å². The lowest BCUT2D eigenvalue weighted by atomic mass is 9.99. The van der Waals surface area contributed by atoms with Gasteiger partial charge in [-0.25, -0.2) is 4.39 Å². The Morgan fingerprint density at radius 1 is 1.35 bits per heavy atom. The van der Waals surface area contributed by atoms with Crippen LogP contribution >= 0.6 is 0 Å². The minimum absolute atomic E-state index is 0.0364. The average Bonchev–Trinajstić information content (AvgIpc) is 2.47. The largest absolute Gasteiger partial charge is 0.493 e. The van der Waals surface area contributed by atoms with Crippen molar-refractivity contribution >= 4 is 0 Å². The molecule has 1 aliphatic rings. The molecule has 2 heterocycles. The number of hydrogen-bond acceptors (Lipinski definition) is 3. The van der Waals surface area contributed by atoms with Crippen LogP contribution < -0.4 is 10.1 Å². The van der Waals surface area contributed by atoms with Gasteiger partial charge >= 0.3 is 0 Å². The van der Waals surface area contributed by atoms with Crippen LogP contribution in [0.3, 0.4) is 0 Å². The van der Waals surface area contributed by atoms with Gasteiger partial charge in [0, 0.05) is 30.3 Å². The lowest BCUT2D eigenvalue weighted by molar-refractivity contribution is 0.246. The molecule has 0 spiro atoms. The fourth-order valence-corrected chi connectivity index (χ4v) is 2.58. The zero-order valence-corrected chi connectivity index (χ0v) is 11.3. The van der Waals surface area contributed by atoms with Crippen LogP contribution in [0, 0.1) is 5.82 Å². The molecule has 2 atom stereocenters. The molecule has 0 radical (unpaired) electrons. The van der Waals surface area contributed by atoms with E-state index in [9.17, 15) is 4.39 Å². The SMILES string of the molecule is CC(NC1CCOc2ccccc21)c1cncc(F)c1. The maximum Gasteiger partial charge on any atom is 0.141 e. The number of nitrogens with zero attached hydrogens (tertiary/aromatic N) is 1. The molecule has 20 heavy (non-hydrogen) atoms. The summed E-state index contributed by atoms with van der Waals surface area (Å²) in [4.78, 5) is 3.90. The van der Waals surface area contributed by atoms with Gasteiger partial charge in [-0.05, 0) is 24.6 Å². The van der Waals surface area contributed by atoms with Gasteiger partial charge in [-0.3, -0.25) is 4.98 Å². The van der Waals surface area contributed by atoms with Crippen LogP contribution in [0.2, 0.25) is 0 Å². The number of aromatic nitrogens is 1. The molecule has 3 nitrogen and oxygen atoms in total. The van der Waals surface area contributed by atoms with Crippen LogP contribution in [0.5, 0.6) is 5.75 Å². The summed E-state index contributed by atoms with van der Waals surface area (Å²) in [6.45, 7) is 2.72. The quantitative estimate of drug-likeness (QED) is 0.930. The molecule has 0 saturated carbocycles. The van der Waals surface area contributed by atoms with Gasteiger partial charge < -0.3 is 10.1 Å². The Hall–Kier alpha value is -1.94. The van der Waals surface area contributed by atoms with Gasteiger partial charge in [-0.15, -0.1) is 0 Å². The molecule has 0 bridgehead atoms. The number of halogens is 1. The zero-order valence-electron chi connectivity index (χ0n) is 11.3. The van der Waals surface area contributed by atoms with Gasteiger partial charge in [0.25, 0.3) is 0 Å². The van der Waals surface area contributed by atoms with Crippen LogP contribution in [0.15, 0.2) is 42.7 Å². The van der Waals surface area contributed by atoms with Gasteiger partial charge in [0.2, 0.25) is 0 Å². The second-order valence-electron chi connectivity index (χ2n) is 5.05. The summed E-state index contributed by atoms with van der Waals surface area (Å²) >= 11 is 0. The van der Waals surface area contributed by atoms with E-state index < -0.39 is 0 Å². The Balaban J connectivity index is 1.79. The number of benzene rings is 1. The van der Waals surface area contributed by atoms with E-state index in [-0.39, 0.29) is 17.9 Å². The molecule has 1 aliphatic heterocycles. The molecule has 1 aromatic heterocycles. The minimum Gasteiger partial charge on any atom is -0.493 e. The highest BCUT2D eigenvalue weighted by Gasteiger charge is 2.22. The van der Waals surface area contributed by atoms with E-state index >= 15 is 0 Å². The van der Waals surface area contributed by atoms with Crippen LogP contribution in [0.1, 0.15) is 36.6 Å². The van der Waals surface area contributed by atoms with Crippen molar-refractivity contribution in [1.29, 1.82) is 0 Å². The Kier molecular flexibility index (Phi) is 3.65. The van der Waals surface area contributed by atoms with E-state index in [2.05, 4.69) is 16.4 Å². The second kappa shape index (κ2) is 5.59. The van der Waals surface area contributed by atoms with Crippen LogP contribution in [0.4, 0.5) is 4.39 Å². The number of ether oxygens (including phenoxy) is 1. The van der Waals surface area contributed by atoms with E-state index in [1.807, 2.05) is 25.1 Å². The Bertz CT molecular complexity index is 603. The first-order valence-electron chi connectivity index (χ1n) is 6.82. The first-order valence-corrected chi connectivity index (χ1v) is 6.82. The predicted octanol–water partition coefficient (Wildman–Crippen LogP) is 3.40. The Morgan fingerprint density at radius 2 is 2.20 bits per heavy atom. The number of pyridine rings is 1. The van der Waals surface area contributed by atoms with Crippen molar-refractivity contribution in [2.24, 2.45) is 0 Å². The Morgan fingerprint density at radius 3 is 3.05 bits per heavy atom. The third-order valence-electron chi connectivity index (χ3n) is 3.64. The van der Waals surface area contributed by atoms with Crippen LogP contribution in [-0.4, -0.2) is 11.6 Å². The standard InChI is InChI=1S/C16H17FN2O/c1-11(12-8-13(17)10-18-9-12)19-15-6-7-20-16-5-3-2-4-14(15)16/h2-5,8-11,15,19H,6-7H2,1H3. The summed E-state index contributed by atoms with van der Waals surface area (Å²) in [6, 6.07) is 9.82. The molecule has 2 unspecified atom stereocenters. The van der Waals surface area contributed by atoms with Crippen molar-refractivity contribution in [3.05, 3.63) is 59.7 Å². The molecular weight excluding hydrogens is 255 g/mol. The zero-order chi connectivity index (χ0) is 13.9. The second-order valence-corrected chi connectivity index (χ2v) is 5.05. The highest BCUT2D eigenvalue weighted by molar-refractivity contribution is 5.37. The predicted molar refractivity (Wildman–Crippen MR) is 75.0 cm³/mol. The lowest BCUT2D eigenvalue weighted by Gasteiger charge is -2.29. The number of para-hydroxylation sites is 1. The fraction of sp³-hybridized carbons (Fsp3) is 0.312. The highest BCUT2D eigenvalue weighted by atomic mass is 19.1. The molecule has 4 heteroatoms. The van der Waals surface area contributed by atoms with Crippen molar-refractivity contribution in [3.63, 3.8) is 0 Å². The third-order valence-corrected chi connectivity index (χ3v) is 3.64. The van der Waals surface area contributed by atoms with Gasteiger partial charge in [-0.2, -0.15) is 0 Å². The number of nitrogens with one attached hydrogen (secondary N) is 1. The molecule has 0 amide bonds. The monoisotopic (exact) mass is 272 g/mol. The summed E-state index contributed by atoms with van der Waals surface area (Å²) in [7, 11) is 0. The maximum absolute atomic E-state index is 13.2. The van der Waals surface area contributed by atoms with Gasteiger partial charge in [-0.1, -0.05) is 18.2 Å². The Labute approximate surface area is 117 Å². The summed E-state index contributed by atoms with van der Waals surface area (Å²) in [6.07, 6.45) is 3.83. The summed E-state index contributed by atoms with van der Waals surface area (Å²) in [5.41, 5.74) is 2.02. The van der Waals surface area contributed by atoms with E-state index in [0.29, 0.717) is 6.61 Å². The smallest absolute Gasteiger partial charge is 0.141 e. The van der Waals surface area contributed by atoms with E-state index in [1.165, 1.54) is 12.3 Å². The first-order chi connectivity index (χ1) is 9.74. The molecule has 0 aliphatic carbocycles. The number of fused-ring (bicyclic) bond motifs is 1. The van der Waals surface area contributed by atoms with Crippen molar-refractivity contribution < 1.29 is 9.13 Å². The van der Waals surface area contributed by atoms with Crippen molar-refractivity contribution in [3.8, 4) is 5.75 Å². The molecule has 1 N–H and O–H groups in total. The van der Waals surface area contributed by atoms with Crippen molar-refractivity contribution in [2.45, 2.75) is 25.4 Å². The molecule has 3 rings (SSSR count). The van der Waals surface area contributed by atoms with Crippen LogP contribution in [-0.2, 0) is 0 Å². The summed E-state index contributed by atoms with van der Waals surface area (Å²) in [5, 5.41) is 3.53. The van der Waals surface area contributed by atoms with Gasteiger partial charge in [0.05, 0.1) is 12.8 Å². The van der Waals surface area contributed by atoms with Crippen molar-refractivity contribution in [1.82, 2.24) is 10.3 Å². The third kappa shape index (κ3) is 2.65. The first kappa shape index (κ1) is 13.1. The summed E-state index contributed by atoms with van der Waals surface area (Å²) in [5.74, 6) is 0.629. The van der Waals surface area contributed by atoms with Gasteiger partial charge in [0.15, 0.2) is 0 Å². The normalized spacial score (nSPS) is 19.0. The van der Waals surface area contributed by atoms with E-state index in [0.717, 1.165) is 23.3 Å². The number of rotatable bonds is 3. The minimum atomic E-state index is -0.302. The van der Waals surface area contributed by atoms with E-state index in [1.54, 1.807) is 6.20 Å². The van der Waals surface area contributed by atoms with Crippen molar-refractivity contribution in [2.75, 3.05) is 6.61 Å². The molecule has 2 aromatic rings. The van der Waals surface area contributed by atoms with E-state index in [4.69, 9.17) is 4.74 Å².